The van der Waals surface area contributed by atoms with Crippen LogP contribution in [0.3, 0.4) is 0 Å². The average Bonchev–Trinajstić information content (AvgIpc) is 2.76. The van der Waals surface area contributed by atoms with Gasteiger partial charge in [-0.25, -0.2) is 0 Å². The van der Waals surface area contributed by atoms with Crippen molar-refractivity contribution in [2.45, 2.75) is 6.92 Å². The lowest BCUT2D eigenvalue weighted by Crippen LogP contribution is -2.45. The van der Waals surface area contributed by atoms with E-state index in [2.05, 4.69) is 42.7 Å². The second-order valence-electron chi connectivity index (χ2n) is 6.59. The van der Waals surface area contributed by atoms with Gasteiger partial charge in [-0.3, -0.25) is 20.4 Å². The van der Waals surface area contributed by atoms with Gasteiger partial charge in [-0.15, -0.1) is 0 Å². The largest absolute Gasteiger partial charge is 0.483 e. The molecule has 0 aliphatic carbocycles. The van der Waals surface area contributed by atoms with Crippen molar-refractivity contribution in [3.63, 3.8) is 0 Å². The summed E-state index contributed by atoms with van der Waals surface area (Å²) < 4.78 is 12.6. The molecule has 0 spiro atoms. The molecule has 0 saturated carbocycles. The second kappa shape index (κ2) is 11.0. The van der Waals surface area contributed by atoms with Gasteiger partial charge in [0.05, 0.1) is 4.47 Å². The van der Waals surface area contributed by atoms with E-state index in [9.17, 15) is 9.59 Å². The minimum atomic E-state index is -0.493. The maximum atomic E-state index is 12.0. The number of halogens is 2. The molecule has 3 aromatic rings. The third-order valence-electron chi connectivity index (χ3n) is 4.23. The zero-order valence-corrected chi connectivity index (χ0v) is 19.8. The number of hydrogen-bond donors (Lipinski definition) is 2. The summed E-state index contributed by atoms with van der Waals surface area (Å²) in [6.45, 7) is 1.40. The molecule has 0 aromatic heterocycles. The van der Waals surface area contributed by atoms with Crippen molar-refractivity contribution < 1.29 is 19.1 Å². The fourth-order valence-corrected chi connectivity index (χ4v) is 3.67. The molecule has 0 saturated heterocycles. The van der Waals surface area contributed by atoms with Crippen LogP contribution in [0.2, 0.25) is 0 Å². The molecule has 0 fully saturated rings. The lowest BCUT2D eigenvalue weighted by Gasteiger charge is -2.12. The second-order valence-corrected chi connectivity index (χ2v) is 8.36. The summed E-state index contributed by atoms with van der Waals surface area (Å²) in [6, 6.07) is 21.0. The van der Waals surface area contributed by atoms with Crippen molar-refractivity contribution in [3.8, 4) is 22.6 Å². The van der Waals surface area contributed by atoms with Crippen LogP contribution in [0.25, 0.3) is 11.1 Å². The highest BCUT2D eigenvalue weighted by Crippen LogP contribution is 2.30. The molecule has 6 nitrogen and oxygen atoms in total. The number of hydrogen-bond acceptors (Lipinski definition) is 4. The number of hydrazine groups is 1. The lowest BCUT2D eigenvalue weighted by atomic mass is 10.1. The number of amides is 2. The van der Waals surface area contributed by atoms with Gasteiger partial charge < -0.3 is 9.47 Å². The third kappa shape index (κ3) is 6.83. The van der Waals surface area contributed by atoms with E-state index in [1.54, 1.807) is 12.1 Å². The maximum Gasteiger partial charge on any atom is 0.276 e. The Balaban J connectivity index is 1.43. The normalized spacial score (nSPS) is 10.3. The van der Waals surface area contributed by atoms with Gasteiger partial charge in [0.15, 0.2) is 13.2 Å². The maximum absolute atomic E-state index is 12.0. The molecular formula is C23H20Br2N2O4. The number of nitrogens with one attached hydrogen (secondary N) is 2. The Kier molecular flexibility index (Phi) is 8.08. The van der Waals surface area contributed by atoms with Gasteiger partial charge in [-0.05, 0) is 69.9 Å². The number of carbonyl (C=O) groups excluding carboxylic acids is 2. The quantitative estimate of drug-likeness (QED) is 0.417. The van der Waals surface area contributed by atoms with Crippen LogP contribution in [-0.4, -0.2) is 25.0 Å². The standard InChI is InChI=1S/C23H20Br2N2O4/c1-15-11-18(24)8-10-20(15)30-13-22(28)26-27-23(29)14-31-21-9-7-17(12-19(21)25)16-5-3-2-4-6-16/h2-12H,13-14H2,1H3,(H,26,28)(H,27,29). The number of rotatable bonds is 7. The van der Waals surface area contributed by atoms with Crippen molar-refractivity contribution in [3.05, 3.63) is 81.2 Å². The molecule has 0 atom stereocenters. The van der Waals surface area contributed by atoms with Gasteiger partial charge in [-0.2, -0.15) is 0 Å². The van der Waals surface area contributed by atoms with Crippen molar-refractivity contribution in [2.75, 3.05) is 13.2 Å². The first kappa shape index (κ1) is 22.8. The Morgan fingerprint density at radius 2 is 1.39 bits per heavy atom. The number of ether oxygens (including phenoxy) is 2. The van der Waals surface area contributed by atoms with Crippen LogP contribution in [0.15, 0.2) is 75.7 Å². The predicted octanol–water partition coefficient (Wildman–Crippen LogP) is 4.79. The summed E-state index contributed by atoms with van der Waals surface area (Å²) in [4.78, 5) is 23.9. The van der Waals surface area contributed by atoms with E-state index in [1.807, 2.05) is 61.5 Å². The molecule has 2 N–H and O–H groups in total. The van der Waals surface area contributed by atoms with E-state index in [4.69, 9.17) is 9.47 Å². The van der Waals surface area contributed by atoms with Crippen LogP contribution in [0, 0.1) is 6.92 Å². The Bertz CT molecular complexity index is 1070. The summed E-state index contributed by atoms with van der Waals surface area (Å²) >= 11 is 6.83. The highest BCUT2D eigenvalue weighted by molar-refractivity contribution is 9.10. The van der Waals surface area contributed by atoms with Gasteiger partial charge in [-0.1, -0.05) is 52.3 Å². The fraction of sp³-hybridized carbons (Fsp3) is 0.130. The van der Waals surface area contributed by atoms with Crippen LogP contribution < -0.4 is 20.3 Å². The molecule has 0 aliphatic heterocycles. The first-order valence-corrected chi connectivity index (χ1v) is 11.0. The van der Waals surface area contributed by atoms with Crippen molar-refractivity contribution in [2.24, 2.45) is 0 Å². The summed E-state index contributed by atoms with van der Waals surface area (Å²) in [7, 11) is 0. The molecule has 160 valence electrons. The highest BCUT2D eigenvalue weighted by Gasteiger charge is 2.10. The van der Waals surface area contributed by atoms with Crippen molar-refractivity contribution in [1.82, 2.24) is 10.9 Å². The third-order valence-corrected chi connectivity index (χ3v) is 5.35. The minimum Gasteiger partial charge on any atom is -0.483 e. The molecule has 3 rings (SSSR count). The molecule has 2 amide bonds. The molecule has 3 aromatic carbocycles. The molecule has 0 bridgehead atoms. The van der Waals surface area contributed by atoms with Crippen LogP contribution in [0.4, 0.5) is 0 Å². The van der Waals surface area contributed by atoms with E-state index < -0.39 is 11.8 Å². The molecule has 0 heterocycles. The zero-order chi connectivity index (χ0) is 22.2. The first-order valence-electron chi connectivity index (χ1n) is 9.37. The molecule has 0 unspecified atom stereocenters. The first-order chi connectivity index (χ1) is 14.9. The monoisotopic (exact) mass is 546 g/mol. The van der Waals surface area contributed by atoms with E-state index in [1.165, 1.54) is 0 Å². The van der Waals surface area contributed by atoms with E-state index in [0.717, 1.165) is 25.6 Å². The summed E-state index contributed by atoms with van der Waals surface area (Å²) in [6.07, 6.45) is 0. The average molecular weight is 548 g/mol. The smallest absolute Gasteiger partial charge is 0.276 e. The van der Waals surface area contributed by atoms with E-state index in [-0.39, 0.29) is 13.2 Å². The Labute approximate surface area is 197 Å². The highest BCUT2D eigenvalue weighted by atomic mass is 79.9. The number of benzene rings is 3. The fourth-order valence-electron chi connectivity index (χ4n) is 2.70. The summed E-state index contributed by atoms with van der Waals surface area (Å²) in [5, 5.41) is 0. The van der Waals surface area contributed by atoms with E-state index in [0.29, 0.717) is 11.5 Å². The van der Waals surface area contributed by atoms with E-state index >= 15 is 0 Å². The topological polar surface area (TPSA) is 76.7 Å². The number of carbonyl (C=O) groups is 2. The Morgan fingerprint density at radius 3 is 2.00 bits per heavy atom. The molecule has 0 aliphatic rings. The number of aryl methyl sites for hydroxylation is 1. The summed E-state index contributed by atoms with van der Waals surface area (Å²) in [5.41, 5.74) is 7.60. The van der Waals surface area contributed by atoms with Crippen LogP contribution >= 0.6 is 31.9 Å². The molecular weight excluding hydrogens is 528 g/mol. The Hall–Kier alpha value is -2.84. The predicted molar refractivity (Wildman–Crippen MR) is 126 cm³/mol. The van der Waals surface area contributed by atoms with Gasteiger partial charge in [0.1, 0.15) is 11.5 Å². The summed E-state index contributed by atoms with van der Waals surface area (Å²) in [5.74, 6) is 0.142. The lowest BCUT2D eigenvalue weighted by molar-refractivity contribution is -0.131. The van der Waals surface area contributed by atoms with Gasteiger partial charge in [0.25, 0.3) is 11.8 Å². The van der Waals surface area contributed by atoms with Gasteiger partial charge in [0.2, 0.25) is 0 Å². The molecule has 0 radical (unpaired) electrons. The van der Waals surface area contributed by atoms with Gasteiger partial charge >= 0.3 is 0 Å². The van der Waals surface area contributed by atoms with Crippen molar-refractivity contribution >= 4 is 43.7 Å². The zero-order valence-electron chi connectivity index (χ0n) is 16.7. The minimum absolute atomic E-state index is 0.226. The van der Waals surface area contributed by atoms with Crippen molar-refractivity contribution in [1.29, 1.82) is 0 Å². The van der Waals surface area contributed by atoms with Gasteiger partial charge in [0, 0.05) is 4.47 Å². The van der Waals surface area contributed by atoms with Crippen LogP contribution in [0.1, 0.15) is 5.56 Å². The Morgan fingerprint density at radius 1 is 0.774 bits per heavy atom. The molecule has 8 heteroatoms. The SMILES string of the molecule is Cc1cc(Br)ccc1OCC(=O)NNC(=O)COc1ccc(-c2ccccc2)cc1Br. The molecule has 31 heavy (non-hydrogen) atoms. The van der Waals surface area contributed by atoms with Crippen LogP contribution in [-0.2, 0) is 9.59 Å². The van der Waals surface area contributed by atoms with Crippen LogP contribution in [0.5, 0.6) is 11.5 Å².